The van der Waals surface area contributed by atoms with E-state index >= 15 is 0 Å². The Hall–Kier alpha value is -1.94. The van der Waals surface area contributed by atoms with Crippen molar-refractivity contribution < 1.29 is 80.2 Å². The zero-order valence-corrected chi connectivity index (χ0v) is 66.8. The number of aliphatic hydroxyl groups excluding tert-OH is 1. The summed E-state index contributed by atoms with van der Waals surface area (Å²) in [6.07, 6.45) is 58.0. The summed E-state index contributed by atoms with van der Waals surface area (Å²) in [6, 6.07) is 0. The molecule has 0 aliphatic carbocycles. The Morgan fingerprint density at radius 2 is 0.515 bits per heavy atom. The molecule has 0 bridgehead atoms. The van der Waals surface area contributed by atoms with Gasteiger partial charge in [-0.15, -0.1) is 0 Å². The van der Waals surface area contributed by atoms with Crippen molar-refractivity contribution in [3.63, 3.8) is 0 Å². The second-order valence-corrected chi connectivity index (χ2v) is 32.9. The lowest BCUT2D eigenvalue weighted by atomic mass is 9.99. The van der Waals surface area contributed by atoms with Gasteiger partial charge in [0, 0.05) is 25.7 Å². The van der Waals surface area contributed by atoms with Crippen LogP contribution in [0.2, 0.25) is 0 Å². The molecule has 0 saturated carbocycles. The van der Waals surface area contributed by atoms with Crippen molar-refractivity contribution in [3.05, 3.63) is 0 Å². The van der Waals surface area contributed by atoms with E-state index in [9.17, 15) is 43.2 Å². The summed E-state index contributed by atoms with van der Waals surface area (Å²) in [6.45, 7) is 12.0. The SMILES string of the molecule is CCCCCCCCCCCCCCCC(=O)OC[C@H](COP(=O)(O)OC[C@H](O)COP(=O)(O)OC[C@@H](COC(=O)CCCCCCCCCCCCCCC(C)C)OC(=O)CCCCCCCCCCCCCCCCC(C)CC)OC(=O)CCCCCCCCCCCCC(C)C. The molecule has 0 rings (SSSR count). The predicted molar refractivity (Wildman–Crippen MR) is 405 cm³/mol. The summed E-state index contributed by atoms with van der Waals surface area (Å²) >= 11 is 0. The van der Waals surface area contributed by atoms with Crippen molar-refractivity contribution in [1.82, 2.24) is 0 Å². The average molecular weight is 1450 g/mol. The predicted octanol–water partition coefficient (Wildman–Crippen LogP) is 23.7. The van der Waals surface area contributed by atoms with E-state index in [0.717, 1.165) is 108 Å². The van der Waals surface area contributed by atoms with E-state index in [1.165, 1.54) is 225 Å². The molecule has 0 aromatic heterocycles. The molecule has 0 aromatic rings. The highest BCUT2D eigenvalue weighted by Gasteiger charge is 2.30. The van der Waals surface area contributed by atoms with Crippen LogP contribution in [0.25, 0.3) is 0 Å². The van der Waals surface area contributed by atoms with E-state index in [-0.39, 0.29) is 25.7 Å². The largest absolute Gasteiger partial charge is 0.472 e. The highest BCUT2D eigenvalue weighted by Crippen LogP contribution is 2.45. The molecule has 17 nitrogen and oxygen atoms in total. The monoisotopic (exact) mass is 1450 g/mol. The molecule has 19 heteroatoms. The number of hydrogen-bond donors (Lipinski definition) is 3. The van der Waals surface area contributed by atoms with Crippen LogP contribution in [0, 0.1) is 17.8 Å². The Labute approximate surface area is 607 Å². The highest BCUT2D eigenvalue weighted by atomic mass is 31.2. The van der Waals surface area contributed by atoms with Crippen LogP contribution in [0.4, 0.5) is 0 Å². The first-order valence-corrected chi connectivity index (χ1v) is 44.4. The summed E-state index contributed by atoms with van der Waals surface area (Å²) in [5.74, 6) is 0.269. The fourth-order valence-electron chi connectivity index (χ4n) is 12.3. The number of esters is 4. The molecule has 0 radical (unpaired) electrons. The van der Waals surface area contributed by atoms with E-state index in [4.69, 9.17) is 37.0 Å². The topological polar surface area (TPSA) is 237 Å². The van der Waals surface area contributed by atoms with Gasteiger partial charge in [0.25, 0.3) is 0 Å². The number of hydrogen-bond acceptors (Lipinski definition) is 15. The first kappa shape index (κ1) is 97.1. The summed E-state index contributed by atoms with van der Waals surface area (Å²) in [5, 5.41) is 10.6. The van der Waals surface area contributed by atoms with Gasteiger partial charge in [0.1, 0.15) is 19.3 Å². The van der Waals surface area contributed by atoms with Crippen molar-refractivity contribution in [3.8, 4) is 0 Å². The number of phosphoric acid groups is 2. The van der Waals surface area contributed by atoms with E-state index in [1.807, 2.05) is 0 Å². The summed E-state index contributed by atoms with van der Waals surface area (Å²) in [4.78, 5) is 73.0. The smallest absolute Gasteiger partial charge is 0.462 e. The molecule has 0 amide bonds. The molecule has 99 heavy (non-hydrogen) atoms. The van der Waals surface area contributed by atoms with Gasteiger partial charge >= 0.3 is 39.5 Å². The van der Waals surface area contributed by atoms with Gasteiger partial charge < -0.3 is 33.8 Å². The normalized spacial score (nSPS) is 14.3. The molecule has 588 valence electrons. The number of rotatable bonds is 78. The second kappa shape index (κ2) is 70.4. The van der Waals surface area contributed by atoms with Gasteiger partial charge in [0.2, 0.25) is 0 Å². The van der Waals surface area contributed by atoms with Crippen LogP contribution >= 0.6 is 15.6 Å². The van der Waals surface area contributed by atoms with Crippen LogP contribution in [0.15, 0.2) is 0 Å². The van der Waals surface area contributed by atoms with Crippen LogP contribution < -0.4 is 0 Å². The molecule has 6 atom stereocenters. The number of aliphatic hydroxyl groups is 1. The van der Waals surface area contributed by atoms with Gasteiger partial charge in [0.05, 0.1) is 26.4 Å². The van der Waals surface area contributed by atoms with E-state index < -0.39 is 97.5 Å². The first-order chi connectivity index (χ1) is 47.8. The summed E-state index contributed by atoms with van der Waals surface area (Å²) < 4.78 is 68.7. The lowest BCUT2D eigenvalue weighted by Gasteiger charge is -2.21. The molecular formula is C80H156O17P2. The fourth-order valence-corrected chi connectivity index (χ4v) is 13.9. The third-order valence-corrected chi connectivity index (χ3v) is 20.9. The van der Waals surface area contributed by atoms with Crippen LogP contribution in [0.3, 0.4) is 0 Å². The van der Waals surface area contributed by atoms with Crippen molar-refractivity contribution in [2.24, 2.45) is 17.8 Å². The Bertz CT molecular complexity index is 1920. The fraction of sp³-hybridized carbons (Fsp3) is 0.950. The number of carbonyl (C=O) groups excluding carboxylic acids is 4. The zero-order chi connectivity index (χ0) is 73.0. The molecule has 0 heterocycles. The van der Waals surface area contributed by atoms with Crippen LogP contribution in [-0.4, -0.2) is 96.7 Å². The van der Waals surface area contributed by atoms with Gasteiger partial charge in [-0.2, -0.15) is 0 Å². The molecule has 0 aliphatic heterocycles. The molecule has 3 unspecified atom stereocenters. The van der Waals surface area contributed by atoms with Crippen LogP contribution in [0.1, 0.15) is 414 Å². The summed E-state index contributed by atoms with van der Waals surface area (Å²) in [5.41, 5.74) is 0. The van der Waals surface area contributed by atoms with Crippen molar-refractivity contribution in [2.75, 3.05) is 39.6 Å². The van der Waals surface area contributed by atoms with E-state index in [1.54, 1.807) is 0 Å². The minimum atomic E-state index is -4.96. The maximum absolute atomic E-state index is 13.1. The van der Waals surface area contributed by atoms with E-state index in [0.29, 0.717) is 25.7 Å². The van der Waals surface area contributed by atoms with Gasteiger partial charge in [0.15, 0.2) is 12.2 Å². The zero-order valence-electron chi connectivity index (χ0n) is 65.0. The molecule has 0 saturated heterocycles. The van der Waals surface area contributed by atoms with Gasteiger partial charge in [-0.1, -0.05) is 363 Å². The number of phosphoric ester groups is 2. The third-order valence-electron chi connectivity index (χ3n) is 19.0. The molecule has 0 aliphatic rings. The lowest BCUT2D eigenvalue weighted by Crippen LogP contribution is -2.30. The summed E-state index contributed by atoms with van der Waals surface area (Å²) in [7, 11) is -9.92. The minimum Gasteiger partial charge on any atom is -0.462 e. The molecule has 0 fully saturated rings. The average Bonchev–Trinajstić information content (AvgIpc) is 0.961. The minimum absolute atomic E-state index is 0.106. The Morgan fingerprint density at radius 3 is 0.768 bits per heavy atom. The first-order valence-electron chi connectivity index (χ1n) is 41.4. The van der Waals surface area contributed by atoms with E-state index in [2.05, 4.69) is 48.5 Å². The maximum atomic E-state index is 13.1. The molecule has 0 aromatic carbocycles. The van der Waals surface area contributed by atoms with Crippen LogP contribution in [-0.2, 0) is 65.4 Å². The van der Waals surface area contributed by atoms with Gasteiger partial charge in [-0.25, -0.2) is 9.13 Å². The Kier molecular flexibility index (Phi) is 69.0. The van der Waals surface area contributed by atoms with Crippen LogP contribution in [0.5, 0.6) is 0 Å². The number of unbranched alkanes of at least 4 members (excludes halogenated alkanes) is 45. The molecular weight excluding hydrogens is 1290 g/mol. The number of ether oxygens (including phenoxy) is 4. The van der Waals surface area contributed by atoms with Crippen molar-refractivity contribution in [1.29, 1.82) is 0 Å². The lowest BCUT2D eigenvalue weighted by molar-refractivity contribution is -0.161. The van der Waals surface area contributed by atoms with Gasteiger partial charge in [-0.3, -0.25) is 37.3 Å². The maximum Gasteiger partial charge on any atom is 0.472 e. The number of carbonyl (C=O) groups is 4. The molecule has 3 N–H and O–H groups in total. The second-order valence-electron chi connectivity index (χ2n) is 30.0. The highest BCUT2D eigenvalue weighted by molar-refractivity contribution is 7.47. The van der Waals surface area contributed by atoms with Crippen molar-refractivity contribution >= 4 is 39.5 Å². The Balaban J connectivity index is 5.27. The molecule has 0 spiro atoms. The van der Waals surface area contributed by atoms with Crippen molar-refractivity contribution in [2.45, 2.75) is 433 Å². The van der Waals surface area contributed by atoms with Gasteiger partial charge in [-0.05, 0) is 43.4 Å². The Morgan fingerprint density at radius 1 is 0.293 bits per heavy atom. The standard InChI is InChI=1S/C80H156O17P2/c1-8-10-11-12-13-14-15-18-25-33-40-47-54-61-77(82)90-68-76(97-80(85)64-57-50-43-36-29-28-31-38-45-52-59-72(5)6)70-95-99(88,89)93-66-74(81)65-92-98(86,87)94-69-75(67-91-78(83)62-55-48-41-34-26-22-21-23-30-37-44-51-58-71(3)4)96-79(84)63-56-49-42-35-27-20-17-16-19-24-32-39-46-53-60-73(7)9-2/h71-76,81H,8-70H2,1-7H3,(H,86,87)(H,88,89)/t73?,74-,75-,76-/m1/s1. The third kappa shape index (κ3) is 72.8. The quantitative estimate of drug-likeness (QED) is 0.0222.